The van der Waals surface area contributed by atoms with Crippen molar-refractivity contribution in [2.45, 2.75) is 36.5 Å². The summed E-state index contributed by atoms with van der Waals surface area (Å²) in [4.78, 5) is 12.3. The molecule has 0 aliphatic carbocycles. The smallest absolute Gasteiger partial charge is 0.324 e. The van der Waals surface area contributed by atoms with Gasteiger partial charge in [0.05, 0.1) is 5.02 Å². The van der Waals surface area contributed by atoms with Crippen LogP contribution in [0.3, 0.4) is 0 Å². The number of benzene rings is 1. The average Bonchev–Trinajstić information content (AvgIpc) is 2.72. The lowest BCUT2D eigenvalue weighted by Gasteiger charge is -2.09. The van der Waals surface area contributed by atoms with Gasteiger partial charge in [0.25, 0.3) is 0 Å². The van der Waals surface area contributed by atoms with Gasteiger partial charge in [-0.25, -0.2) is 9.89 Å². The van der Waals surface area contributed by atoms with E-state index in [0.717, 1.165) is 10.5 Å². The van der Waals surface area contributed by atoms with E-state index in [4.69, 9.17) is 17.3 Å². The molecule has 0 saturated heterocycles. The van der Waals surface area contributed by atoms with E-state index < -0.39 is 0 Å². The summed E-state index contributed by atoms with van der Waals surface area (Å²) < 4.78 is 1.56. The Morgan fingerprint density at radius 3 is 2.89 bits per heavy atom. The molecule has 0 radical (unpaired) electrons. The maximum atomic E-state index is 11.5. The SMILES string of the molecule is CCn1c(Sc2ccc([C@@H](C)N)cc2Cl)n[nH]c1=O. The van der Waals surface area contributed by atoms with Crippen molar-refractivity contribution in [1.82, 2.24) is 14.8 Å². The monoisotopic (exact) mass is 298 g/mol. The molecule has 7 heteroatoms. The largest absolute Gasteiger partial charge is 0.343 e. The van der Waals surface area contributed by atoms with Crippen LogP contribution in [0.4, 0.5) is 0 Å². The van der Waals surface area contributed by atoms with Crippen molar-refractivity contribution in [3.8, 4) is 0 Å². The number of nitrogens with one attached hydrogen (secondary N) is 1. The number of halogens is 1. The molecule has 0 bridgehead atoms. The first-order valence-corrected chi connectivity index (χ1v) is 7.10. The third-order valence-electron chi connectivity index (χ3n) is 2.72. The van der Waals surface area contributed by atoms with Crippen molar-refractivity contribution in [1.29, 1.82) is 0 Å². The van der Waals surface area contributed by atoms with Crippen molar-refractivity contribution >= 4 is 23.4 Å². The van der Waals surface area contributed by atoms with Gasteiger partial charge in [0.1, 0.15) is 0 Å². The first kappa shape index (κ1) is 14.2. The number of H-pyrrole nitrogens is 1. The zero-order chi connectivity index (χ0) is 14.0. The minimum absolute atomic E-state index is 0.0595. The standard InChI is InChI=1S/C12H15ClN4OS/c1-3-17-11(18)15-16-12(17)19-10-5-4-8(7(2)14)6-9(10)13/h4-7H,3,14H2,1-2H3,(H,15,18)/t7-/m1/s1. The lowest BCUT2D eigenvalue weighted by Crippen LogP contribution is -2.16. The van der Waals surface area contributed by atoms with Crippen LogP contribution >= 0.6 is 23.4 Å². The van der Waals surface area contributed by atoms with Gasteiger partial charge < -0.3 is 5.73 Å². The van der Waals surface area contributed by atoms with Crippen molar-refractivity contribution in [2.75, 3.05) is 0 Å². The van der Waals surface area contributed by atoms with Crippen molar-refractivity contribution in [3.63, 3.8) is 0 Å². The highest BCUT2D eigenvalue weighted by Crippen LogP contribution is 2.33. The van der Waals surface area contributed by atoms with Gasteiger partial charge >= 0.3 is 5.69 Å². The molecule has 1 atom stereocenters. The number of rotatable bonds is 4. The van der Waals surface area contributed by atoms with Crippen LogP contribution in [0.15, 0.2) is 33.0 Å². The van der Waals surface area contributed by atoms with Crippen LogP contribution in [0.2, 0.25) is 5.02 Å². The van der Waals surface area contributed by atoms with Gasteiger partial charge in [0.2, 0.25) is 0 Å². The molecule has 2 rings (SSSR count). The molecule has 19 heavy (non-hydrogen) atoms. The molecular weight excluding hydrogens is 284 g/mol. The van der Waals surface area contributed by atoms with Crippen LogP contribution in [-0.2, 0) is 6.54 Å². The summed E-state index contributed by atoms with van der Waals surface area (Å²) in [6.07, 6.45) is 0. The van der Waals surface area contributed by atoms with Gasteiger partial charge in [0, 0.05) is 17.5 Å². The highest BCUT2D eigenvalue weighted by molar-refractivity contribution is 7.99. The summed E-state index contributed by atoms with van der Waals surface area (Å²) in [6, 6.07) is 5.61. The topological polar surface area (TPSA) is 76.7 Å². The molecular formula is C12H15ClN4OS. The van der Waals surface area contributed by atoms with Crippen molar-refractivity contribution < 1.29 is 0 Å². The number of nitrogens with two attached hydrogens (primary N) is 1. The minimum atomic E-state index is -0.215. The molecule has 0 spiro atoms. The number of aromatic nitrogens is 3. The first-order valence-electron chi connectivity index (χ1n) is 5.91. The van der Waals surface area contributed by atoms with Crippen LogP contribution in [-0.4, -0.2) is 14.8 Å². The van der Waals surface area contributed by atoms with E-state index in [0.29, 0.717) is 16.7 Å². The van der Waals surface area contributed by atoms with Crippen LogP contribution in [0.1, 0.15) is 25.5 Å². The second kappa shape index (κ2) is 5.81. The van der Waals surface area contributed by atoms with Crippen LogP contribution < -0.4 is 11.4 Å². The molecule has 0 aliphatic heterocycles. The Kier molecular flexibility index (Phi) is 4.34. The van der Waals surface area contributed by atoms with Crippen LogP contribution in [0, 0.1) is 0 Å². The molecule has 0 amide bonds. The Morgan fingerprint density at radius 1 is 1.58 bits per heavy atom. The quantitative estimate of drug-likeness (QED) is 0.909. The number of hydrogen-bond donors (Lipinski definition) is 2. The summed E-state index contributed by atoms with van der Waals surface area (Å²) in [5, 5.41) is 7.63. The predicted molar refractivity (Wildman–Crippen MR) is 76.7 cm³/mol. The van der Waals surface area contributed by atoms with E-state index in [1.807, 2.05) is 32.0 Å². The fraction of sp³-hybridized carbons (Fsp3) is 0.333. The number of aromatic amines is 1. The van der Waals surface area contributed by atoms with E-state index in [-0.39, 0.29) is 11.7 Å². The molecule has 2 aromatic rings. The van der Waals surface area contributed by atoms with Crippen molar-refractivity contribution in [2.24, 2.45) is 5.73 Å². The summed E-state index contributed by atoms with van der Waals surface area (Å²) in [5.74, 6) is 0. The molecule has 3 N–H and O–H groups in total. The maximum absolute atomic E-state index is 11.5. The second-order valence-electron chi connectivity index (χ2n) is 4.14. The Balaban J connectivity index is 2.31. The summed E-state index contributed by atoms with van der Waals surface area (Å²) in [7, 11) is 0. The molecule has 102 valence electrons. The van der Waals surface area contributed by atoms with Crippen LogP contribution in [0.5, 0.6) is 0 Å². The van der Waals surface area contributed by atoms with Gasteiger partial charge in [-0.1, -0.05) is 17.7 Å². The van der Waals surface area contributed by atoms with Gasteiger partial charge in [-0.2, -0.15) is 0 Å². The zero-order valence-corrected chi connectivity index (χ0v) is 12.3. The molecule has 0 unspecified atom stereocenters. The lowest BCUT2D eigenvalue weighted by atomic mass is 10.1. The molecule has 0 aliphatic rings. The lowest BCUT2D eigenvalue weighted by molar-refractivity contribution is 0.660. The minimum Gasteiger partial charge on any atom is -0.324 e. The Labute approximate surface area is 120 Å². The van der Waals surface area contributed by atoms with Gasteiger partial charge in [-0.15, -0.1) is 5.10 Å². The van der Waals surface area contributed by atoms with Crippen molar-refractivity contribution in [3.05, 3.63) is 39.3 Å². The third-order valence-corrected chi connectivity index (χ3v) is 4.22. The fourth-order valence-electron chi connectivity index (χ4n) is 1.64. The molecule has 0 saturated carbocycles. The van der Waals surface area contributed by atoms with E-state index in [2.05, 4.69) is 10.2 Å². The fourth-order valence-corrected chi connectivity index (χ4v) is 2.85. The maximum Gasteiger partial charge on any atom is 0.343 e. The highest BCUT2D eigenvalue weighted by Gasteiger charge is 2.11. The average molecular weight is 299 g/mol. The van der Waals surface area contributed by atoms with Crippen LogP contribution in [0.25, 0.3) is 0 Å². The van der Waals surface area contributed by atoms with E-state index >= 15 is 0 Å². The summed E-state index contributed by atoms with van der Waals surface area (Å²) in [6.45, 7) is 4.36. The summed E-state index contributed by atoms with van der Waals surface area (Å²) >= 11 is 7.58. The van der Waals surface area contributed by atoms with Gasteiger partial charge in [-0.05, 0) is 43.3 Å². The molecule has 1 aromatic carbocycles. The normalized spacial score (nSPS) is 12.6. The van der Waals surface area contributed by atoms with Gasteiger partial charge in [-0.3, -0.25) is 4.57 Å². The Bertz CT molecular complexity index is 635. The zero-order valence-electron chi connectivity index (χ0n) is 10.7. The van der Waals surface area contributed by atoms with E-state index in [1.165, 1.54) is 11.8 Å². The Morgan fingerprint density at radius 2 is 2.32 bits per heavy atom. The summed E-state index contributed by atoms with van der Waals surface area (Å²) in [5.41, 5.74) is 6.57. The van der Waals surface area contributed by atoms with E-state index in [1.54, 1.807) is 4.57 Å². The second-order valence-corrected chi connectivity index (χ2v) is 5.55. The molecule has 1 aromatic heterocycles. The predicted octanol–water partition coefficient (Wildman–Crippen LogP) is 2.42. The number of nitrogens with zero attached hydrogens (tertiary/aromatic N) is 2. The van der Waals surface area contributed by atoms with E-state index in [9.17, 15) is 4.79 Å². The molecule has 1 heterocycles. The number of hydrogen-bond acceptors (Lipinski definition) is 4. The van der Waals surface area contributed by atoms with Gasteiger partial charge in [0.15, 0.2) is 5.16 Å². The molecule has 0 fully saturated rings. The molecule has 5 nitrogen and oxygen atoms in total. The first-order chi connectivity index (χ1) is 9.02. The highest BCUT2D eigenvalue weighted by atomic mass is 35.5. The Hall–Kier alpha value is -1.24. The third kappa shape index (κ3) is 3.02.